The molecular weight excluding hydrogens is 288 g/mol. The van der Waals surface area contributed by atoms with Crippen molar-refractivity contribution in [2.75, 3.05) is 19.5 Å². The second-order valence-electron chi connectivity index (χ2n) is 4.92. The van der Waals surface area contributed by atoms with Gasteiger partial charge >= 0.3 is 0 Å². The lowest BCUT2D eigenvalue weighted by Crippen LogP contribution is -2.32. The van der Waals surface area contributed by atoms with Crippen molar-refractivity contribution >= 4 is 33.0 Å². The maximum Gasteiger partial charge on any atom is 0.263 e. The number of thiophene rings is 1. The van der Waals surface area contributed by atoms with E-state index in [1.807, 2.05) is 25.1 Å². The van der Waals surface area contributed by atoms with Gasteiger partial charge in [-0.05, 0) is 31.9 Å². The molecule has 6 heteroatoms. The number of carbonyl (C=O) groups excluding carboxylic acids is 1. The average Bonchev–Trinajstić information content (AvgIpc) is 2.82. The van der Waals surface area contributed by atoms with E-state index in [0.717, 1.165) is 16.5 Å². The van der Waals surface area contributed by atoms with E-state index in [4.69, 9.17) is 15.6 Å². The normalized spacial score (nSPS) is 12.3. The number of aliphatic hydroxyl groups excluding tert-OH is 1. The number of methoxy groups -OCH3 is 1. The molecule has 1 unspecified atom stereocenters. The van der Waals surface area contributed by atoms with E-state index in [-0.39, 0.29) is 18.6 Å². The molecule has 0 spiro atoms. The number of hydrogen-bond donors (Lipinski definition) is 3. The predicted molar refractivity (Wildman–Crippen MR) is 86.0 cm³/mol. The Morgan fingerprint density at radius 1 is 1.52 bits per heavy atom. The highest BCUT2D eigenvalue weighted by atomic mass is 32.1. The Balaban J connectivity index is 2.26. The molecule has 5 nitrogen and oxygen atoms in total. The number of benzene rings is 1. The number of rotatable bonds is 6. The van der Waals surface area contributed by atoms with Gasteiger partial charge in [-0.1, -0.05) is 6.07 Å². The number of hydrogen-bond acceptors (Lipinski definition) is 5. The van der Waals surface area contributed by atoms with E-state index in [1.54, 1.807) is 7.11 Å². The number of nitrogen functional groups attached to an aromatic ring is 1. The molecule has 2 rings (SSSR count). The minimum absolute atomic E-state index is 0.00356. The molecule has 0 aliphatic carbocycles. The number of nitrogens with two attached hydrogens (primary N) is 1. The van der Waals surface area contributed by atoms with Gasteiger partial charge in [0.1, 0.15) is 10.6 Å². The van der Waals surface area contributed by atoms with Crippen molar-refractivity contribution < 1.29 is 14.6 Å². The van der Waals surface area contributed by atoms with E-state index in [1.165, 1.54) is 11.3 Å². The maximum atomic E-state index is 12.3. The van der Waals surface area contributed by atoms with E-state index in [9.17, 15) is 4.79 Å². The van der Waals surface area contributed by atoms with Crippen LogP contribution >= 0.6 is 11.3 Å². The topological polar surface area (TPSA) is 84.6 Å². The van der Waals surface area contributed by atoms with Crippen LogP contribution in [0.25, 0.3) is 10.1 Å². The minimum Gasteiger partial charge on any atom is -0.496 e. The lowest BCUT2D eigenvalue weighted by molar-refractivity contribution is 0.0941. The van der Waals surface area contributed by atoms with Crippen molar-refractivity contribution in [1.82, 2.24) is 5.32 Å². The number of anilines is 1. The summed E-state index contributed by atoms with van der Waals surface area (Å²) in [5.74, 6) is 0.495. The summed E-state index contributed by atoms with van der Waals surface area (Å²) in [5, 5.41) is 12.5. The van der Waals surface area contributed by atoms with Gasteiger partial charge in [0, 0.05) is 17.3 Å². The molecule has 0 saturated carbocycles. The van der Waals surface area contributed by atoms with Gasteiger partial charge < -0.3 is 20.9 Å². The standard InChI is InChI=1S/C15H20N2O3S/c1-9(5-4-8-18)17-15(19)14-13(16)12-10(20-2)6-3-7-11(12)21-14/h3,6-7,9,18H,4-5,8,16H2,1-2H3,(H,17,19). The molecule has 4 N–H and O–H groups in total. The Bertz CT molecular complexity index is 639. The summed E-state index contributed by atoms with van der Waals surface area (Å²) in [6.45, 7) is 2.04. The van der Waals surface area contributed by atoms with E-state index in [2.05, 4.69) is 5.32 Å². The first-order valence-corrected chi connectivity index (χ1v) is 7.66. The lowest BCUT2D eigenvalue weighted by Gasteiger charge is -2.12. The fourth-order valence-electron chi connectivity index (χ4n) is 2.24. The Morgan fingerprint density at radius 3 is 2.95 bits per heavy atom. The van der Waals surface area contributed by atoms with Crippen LogP contribution in [0, 0.1) is 0 Å². The van der Waals surface area contributed by atoms with Gasteiger partial charge in [0.25, 0.3) is 5.91 Å². The van der Waals surface area contributed by atoms with Gasteiger partial charge in [-0.15, -0.1) is 11.3 Å². The van der Waals surface area contributed by atoms with Crippen molar-refractivity contribution in [3.05, 3.63) is 23.1 Å². The van der Waals surface area contributed by atoms with E-state index >= 15 is 0 Å². The molecule has 1 aromatic heterocycles. The molecule has 114 valence electrons. The third-order valence-electron chi connectivity index (χ3n) is 3.31. The zero-order chi connectivity index (χ0) is 15.4. The first-order valence-electron chi connectivity index (χ1n) is 6.85. The zero-order valence-electron chi connectivity index (χ0n) is 12.2. The second-order valence-corrected chi connectivity index (χ2v) is 5.97. The summed E-state index contributed by atoms with van der Waals surface area (Å²) in [4.78, 5) is 12.8. The summed E-state index contributed by atoms with van der Waals surface area (Å²) >= 11 is 1.36. The fourth-order valence-corrected chi connectivity index (χ4v) is 3.28. The van der Waals surface area contributed by atoms with Crippen molar-refractivity contribution in [3.8, 4) is 5.75 Å². The Hall–Kier alpha value is -1.79. The molecule has 0 aliphatic rings. The van der Waals surface area contributed by atoms with Crippen LogP contribution in [0.1, 0.15) is 29.4 Å². The van der Waals surface area contributed by atoms with Gasteiger partial charge in [0.05, 0.1) is 18.2 Å². The number of ether oxygens (including phenoxy) is 1. The quantitative estimate of drug-likeness (QED) is 0.765. The van der Waals surface area contributed by atoms with E-state index in [0.29, 0.717) is 22.7 Å². The van der Waals surface area contributed by atoms with Crippen molar-refractivity contribution in [3.63, 3.8) is 0 Å². The number of aliphatic hydroxyl groups is 1. The Morgan fingerprint density at radius 2 is 2.29 bits per heavy atom. The first kappa shape index (κ1) is 15.6. The molecule has 1 amide bonds. The molecule has 1 aromatic carbocycles. The monoisotopic (exact) mass is 308 g/mol. The minimum atomic E-state index is -0.179. The van der Waals surface area contributed by atoms with Gasteiger partial charge in [0.2, 0.25) is 0 Å². The first-order chi connectivity index (χ1) is 10.1. The van der Waals surface area contributed by atoms with Gasteiger partial charge in [0.15, 0.2) is 0 Å². The van der Waals surface area contributed by atoms with Crippen molar-refractivity contribution in [2.45, 2.75) is 25.8 Å². The van der Waals surface area contributed by atoms with Gasteiger partial charge in [-0.25, -0.2) is 0 Å². The molecule has 0 saturated heterocycles. The maximum absolute atomic E-state index is 12.3. The van der Waals surface area contributed by atoms with Crippen LogP contribution in [-0.2, 0) is 0 Å². The predicted octanol–water partition coefficient (Wildman–Crippen LogP) is 2.38. The highest BCUT2D eigenvalue weighted by Gasteiger charge is 2.19. The highest BCUT2D eigenvalue weighted by Crippen LogP contribution is 2.39. The van der Waals surface area contributed by atoms with Crippen LogP contribution in [0.3, 0.4) is 0 Å². The number of carbonyl (C=O) groups is 1. The summed E-state index contributed by atoms with van der Waals surface area (Å²) in [6, 6.07) is 5.63. The molecule has 0 radical (unpaired) electrons. The third-order valence-corrected chi connectivity index (χ3v) is 4.48. The highest BCUT2D eigenvalue weighted by molar-refractivity contribution is 7.21. The van der Waals surface area contributed by atoms with Gasteiger partial charge in [-0.3, -0.25) is 4.79 Å². The molecule has 0 aliphatic heterocycles. The molecule has 21 heavy (non-hydrogen) atoms. The molecule has 0 bridgehead atoms. The molecule has 2 aromatic rings. The van der Waals surface area contributed by atoms with Crippen LogP contribution in [0.15, 0.2) is 18.2 Å². The summed E-state index contributed by atoms with van der Waals surface area (Å²) in [6.07, 6.45) is 1.40. The molecule has 0 fully saturated rings. The molecule has 1 atom stereocenters. The van der Waals surface area contributed by atoms with Crippen LogP contribution in [0.2, 0.25) is 0 Å². The SMILES string of the molecule is COc1cccc2sc(C(=O)NC(C)CCCO)c(N)c12. The Kier molecular flexibility index (Phi) is 5.03. The fraction of sp³-hybridized carbons (Fsp3) is 0.400. The van der Waals surface area contributed by atoms with Gasteiger partial charge in [-0.2, -0.15) is 0 Å². The zero-order valence-corrected chi connectivity index (χ0v) is 13.0. The molecule has 1 heterocycles. The van der Waals surface area contributed by atoms with Crippen molar-refractivity contribution in [2.24, 2.45) is 0 Å². The third kappa shape index (κ3) is 3.28. The largest absolute Gasteiger partial charge is 0.496 e. The molecular formula is C15H20N2O3S. The number of fused-ring (bicyclic) bond motifs is 1. The summed E-state index contributed by atoms with van der Waals surface area (Å²) < 4.78 is 6.23. The smallest absolute Gasteiger partial charge is 0.263 e. The van der Waals surface area contributed by atoms with Crippen LogP contribution in [0.5, 0.6) is 5.75 Å². The summed E-state index contributed by atoms with van der Waals surface area (Å²) in [5.41, 5.74) is 6.58. The lowest BCUT2D eigenvalue weighted by atomic mass is 10.1. The van der Waals surface area contributed by atoms with Crippen LogP contribution < -0.4 is 15.8 Å². The number of amides is 1. The van der Waals surface area contributed by atoms with E-state index < -0.39 is 0 Å². The Labute approximate surface area is 127 Å². The van der Waals surface area contributed by atoms with Crippen molar-refractivity contribution in [1.29, 1.82) is 0 Å². The second kappa shape index (κ2) is 6.78. The summed E-state index contributed by atoms with van der Waals surface area (Å²) in [7, 11) is 1.59. The van der Waals surface area contributed by atoms with Crippen LogP contribution in [0.4, 0.5) is 5.69 Å². The van der Waals surface area contributed by atoms with Crippen LogP contribution in [-0.4, -0.2) is 30.8 Å². The number of nitrogens with one attached hydrogen (secondary N) is 1. The average molecular weight is 308 g/mol.